The summed E-state index contributed by atoms with van der Waals surface area (Å²) in [6, 6.07) is 16.6. The van der Waals surface area contributed by atoms with Crippen molar-refractivity contribution >= 4 is 11.9 Å². The summed E-state index contributed by atoms with van der Waals surface area (Å²) < 4.78 is 4.80. The van der Waals surface area contributed by atoms with E-state index in [4.69, 9.17) is 25.2 Å². The van der Waals surface area contributed by atoms with E-state index < -0.39 is 11.9 Å². The average molecular weight is 362 g/mol. The van der Waals surface area contributed by atoms with E-state index in [0.29, 0.717) is 24.3 Å². The molecule has 26 heavy (non-hydrogen) atoms. The average Bonchev–Trinajstić information content (AvgIpc) is 2.64. The SMILES string of the molecule is O=C(O)c1ccccc1.O=C(O)c1ccccc1.OCC1(CO)COC1. The number of carboxylic acid groups (broad SMARTS) is 2. The van der Waals surface area contributed by atoms with Crippen LogP contribution in [0.25, 0.3) is 0 Å². The second-order valence-electron chi connectivity index (χ2n) is 5.65. The monoisotopic (exact) mass is 362 g/mol. The molecule has 0 bridgehead atoms. The minimum Gasteiger partial charge on any atom is -0.478 e. The standard InChI is InChI=1S/2C7H6O2.C5H10O3/c2*8-7(9)6-4-2-1-3-5-6;6-1-5(2-7)3-8-4-5/h2*1-5H,(H,8,9);6-7H,1-4H2. The summed E-state index contributed by atoms with van der Waals surface area (Å²) in [5.74, 6) is -1.76. The molecule has 7 nitrogen and oxygen atoms in total. The van der Waals surface area contributed by atoms with Crippen LogP contribution in [0.2, 0.25) is 0 Å². The number of aromatic carboxylic acids is 2. The van der Waals surface area contributed by atoms with Gasteiger partial charge in [0.15, 0.2) is 0 Å². The lowest BCUT2D eigenvalue weighted by Gasteiger charge is -2.37. The summed E-state index contributed by atoms with van der Waals surface area (Å²) in [7, 11) is 0. The molecule has 1 aliphatic heterocycles. The fourth-order valence-corrected chi connectivity index (χ4v) is 1.78. The van der Waals surface area contributed by atoms with Crippen molar-refractivity contribution in [2.24, 2.45) is 5.41 Å². The number of carboxylic acids is 2. The molecule has 2 aromatic carbocycles. The maximum Gasteiger partial charge on any atom is 0.335 e. The third kappa shape index (κ3) is 7.02. The van der Waals surface area contributed by atoms with E-state index in [2.05, 4.69) is 0 Å². The highest BCUT2D eigenvalue weighted by Gasteiger charge is 2.37. The predicted molar refractivity (Wildman–Crippen MR) is 94.2 cm³/mol. The molecule has 0 atom stereocenters. The first kappa shape index (κ1) is 21.3. The highest BCUT2D eigenvalue weighted by Crippen LogP contribution is 2.25. The van der Waals surface area contributed by atoms with Crippen LogP contribution in [-0.4, -0.2) is 58.8 Å². The van der Waals surface area contributed by atoms with Crippen molar-refractivity contribution in [3.63, 3.8) is 0 Å². The highest BCUT2D eigenvalue weighted by molar-refractivity contribution is 5.87. The third-order valence-corrected chi connectivity index (χ3v) is 3.53. The maximum atomic E-state index is 10.2. The van der Waals surface area contributed by atoms with Gasteiger partial charge in [0.1, 0.15) is 0 Å². The van der Waals surface area contributed by atoms with Gasteiger partial charge in [-0.15, -0.1) is 0 Å². The molecule has 1 aliphatic rings. The van der Waals surface area contributed by atoms with Crippen molar-refractivity contribution in [2.75, 3.05) is 26.4 Å². The first-order valence-corrected chi connectivity index (χ1v) is 7.80. The minimum atomic E-state index is -0.879. The number of hydrogen-bond donors (Lipinski definition) is 4. The van der Waals surface area contributed by atoms with Crippen molar-refractivity contribution in [2.45, 2.75) is 0 Å². The first-order valence-electron chi connectivity index (χ1n) is 7.80. The summed E-state index contributed by atoms with van der Waals surface area (Å²) in [5.41, 5.74) is 0.356. The molecule has 3 rings (SSSR count). The van der Waals surface area contributed by atoms with Gasteiger partial charge in [-0.1, -0.05) is 36.4 Å². The second kappa shape index (κ2) is 11.0. The van der Waals surface area contributed by atoms with Crippen molar-refractivity contribution in [1.82, 2.24) is 0 Å². The van der Waals surface area contributed by atoms with E-state index >= 15 is 0 Å². The van der Waals surface area contributed by atoms with Gasteiger partial charge in [0.25, 0.3) is 0 Å². The zero-order valence-corrected chi connectivity index (χ0v) is 14.1. The predicted octanol–water partition coefficient (Wildman–Crippen LogP) is 1.76. The van der Waals surface area contributed by atoms with E-state index in [1.54, 1.807) is 60.7 Å². The smallest absolute Gasteiger partial charge is 0.335 e. The van der Waals surface area contributed by atoms with Gasteiger partial charge in [-0.2, -0.15) is 0 Å². The lowest BCUT2D eigenvalue weighted by molar-refractivity contribution is -0.157. The van der Waals surface area contributed by atoms with Crippen molar-refractivity contribution in [3.05, 3.63) is 71.8 Å². The summed E-state index contributed by atoms with van der Waals surface area (Å²) >= 11 is 0. The topological polar surface area (TPSA) is 124 Å². The molecule has 2 aromatic rings. The van der Waals surface area contributed by atoms with Crippen LogP contribution < -0.4 is 0 Å². The van der Waals surface area contributed by atoms with Crippen LogP contribution in [0, 0.1) is 5.41 Å². The molecule has 1 heterocycles. The van der Waals surface area contributed by atoms with Crippen LogP contribution >= 0.6 is 0 Å². The van der Waals surface area contributed by atoms with Gasteiger partial charge < -0.3 is 25.2 Å². The molecular formula is C19H22O7. The van der Waals surface area contributed by atoms with E-state index in [0.717, 1.165) is 0 Å². The highest BCUT2D eigenvalue weighted by atomic mass is 16.5. The Labute approximate surface area is 151 Å². The maximum absolute atomic E-state index is 10.2. The Morgan fingerprint density at radius 1 is 0.769 bits per heavy atom. The fraction of sp³-hybridized carbons (Fsp3) is 0.263. The van der Waals surface area contributed by atoms with Crippen LogP contribution in [0.15, 0.2) is 60.7 Å². The van der Waals surface area contributed by atoms with Crippen molar-refractivity contribution in [1.29, 1.82) is 0 Å². The number of ether oxygens (including phenoxy) is 1. The van der Waals surface area contributed by atoms with Crippen LogP contribution in [0.1, 0.15) is 20.7 Å². The zero-order valence-electron chi connectivity index (χ0n) is 14.1. The number of benzene rings is 2. The van der Waals surface area contributed by atoms with Gasteiger partial charge in [0, 0.05) is 0 Å². The summed E-state index contributed by atoms with van der Waals surface area (Å²) in [6.07, 6.45) is 0. The Balaban J connectivity index is 0.000000195. The molecule has 0 aliphatic carbocycles. The fourth-order valence-electron chi connectivity index (χ4n) is 1.78. The minimum absolute atomic E-state index is 0.0312. The van der Waals surface area contributed by atoms with Crippen LogP contribution in [0.4, 0.5) is 0 Å². The number of aliphatic hydroxyl groups is 2. The number of rotatable bonds is 4. The molecule has 140 valence electrons. The molecule has 1 fully saturated rings. The number of hydrogen-bond acceptors (Lipinski definition) is 5. The molecule has 0 unspecified atom stereocenters. The van der Waals surface area contributed by atoms with Gasteiger partial charge in [0.05, 0.1) is 43.0 Å². The van der Waals surface area contributed by atoms with E-state index in [1.807, 2.05) is 0 Å². The zero-order chi connectivity index (χ0) is 19.4. The molecule has 0 saturated carbocycles. The number of aliphatic hydroxyl groups excluding tert-OH is 2. The van der Waals surface area contributed by atoms with E-state index in [1.165, 1.54) is 0 Å². The molecule has 0 radical (unpaired) electrons. The summed E-state index contributed by atoms with van der Waals surface area (Å²) in [6.45, 7) is 1.06. The van der Waals surface area contributed by atoms with Crippen molar-refractivity contribution < 1.29 is 34.8 Å². The van der Waals surface area contributed by atoms with E-state index in [9.17, 15) is 9.59 Å². The normalized spacial score (nSPS) is 13.8. The lowest BCUT2D eigenvalue weighted by atomic mass is 9.88. The molecule has 0 amide bonds. The molecule has 4 N–H and O–H groups in total. The first-order chi connectivity index (χ1) is 12.4. The Hall–Kier alpha value is -2.74. The summed E-state index contributed by atoms with van der Waals surface area (Å²) in [4.78, 5) is 20.4. The molecule has 7 heteroatoms. The largest absolute Gasteiger partial charge is 0.478 e. The van der Waals surface area contributed by atoms with Crippen LogP contribution in [0.3, 0.4) is 0 Å². The lowest BCUT2D eigenvalue weighted by Crippen LogP contribution is -2.48. The van der Waals surface area contributed by atoms with Gasteiger partial charge >= 0.3 is 11.9 Å². The van der Waals surface area contributed by atoms with Gasteiger partial charge in [-0.25, -0.2) is 9.59 Å². The Morgan fingerprint density at radius 3 is 1.23 bits per heavy atom. The summed E-state index contributed by atoms with van der Waals surface area (Å²) in [5, 5.41) is 34.0. The van der Waals surface area contributed by atoms with Gasteiger partial charge in [0.2, 0.25) is 0 Å². The van der Waals surface area contributed by atoms with E-state index in [-0.39, 0.29) is 18.6 Å². The Kier molecular flexibility index (Phi) is 9.00. The Morgan fingerprint density at radius 2 is 1.12 bits per heavy atom. The third-order valence-electron chi connectivity index (χ3n) is 3.53. The van der Waals surface area contributed by atoms with Crippen molar-refractivity contribution in [3.8, 4) is 0 Å². The second-order valence-corrected chi connectivity index (χ2v) is 5.65. The molecule has 1 saturated heterocycles. The molecule has 0 spiro atoms. The van der Waals surface area contributed by atoms with Crippen LogP contribution in [-0.2, 0) is 4.74 Å². The number of carbonyl (C=O) groups is 2. The van der Waals surface area contributed by atoms with Crippen LogP contribution in [0.5, 0.6) is 0 Å². The van der Waals surface area contributed by atoms with Gasteiger partial charge in [-0.05, 0) is 24.3 Å². The molecular weight excluding hydrogens is 340 g/mol. The van der Waals surface area contributed by atoms with Gasteiger partial charge in [-0.3, -0.25) is 0 Å². The molecule has 0 aromatic heterocycles. The quantitative estimate of drug-likeness (QED) is 0.653. The Bertz CT molecular complexity index is 604.